The van der Waals surface area contributed by atoms with Crippen molar-refractivity contribution in [1.29, 1.82) is 0 Å². The van der Waals surface area contributed by atoms with Crippen LogP contribution in [0.3, 0.4) is 0 Å². The van der Waals surface area contributed by atoms with Gasteiger partial charge < -0.3 is 67.8 Å². The maximum Gasteiger partial charge on any atom is 0.408 e. The third kappa shape index (κ3) is 13.7. The summed E-state index contributed by atoms with van der Waals surface area (Å²) in [6, 6.07) is 24.1. The first-order chi connectivity index (χ1) is 38.9. The van der Waals surface area contributed by atoms with E-state index in [4.69, 9.17) is 52.1 Å². The second kappa shape index (κ2) is 26.7. The zero-order valence-corrected chi connectivity index (χ0v) is 48.4. The van der Waals surface area contributed by atoms with Gasteiger partial charge in [-0.05, 0) is 81.9 Å². The Morgan fingerprint density at radius 1 is 0.817 bits per heavy atom. The molecule has 7 rings (SSSR count). The van der Waals surface area contributed by atoms with Gasteiger partial charge in [-0.1, -0.05) is 92.7 Å². The van der Waals surface area contributed by atoms with E-state index < -0.39 is 131 Å². The molecule has 446 valence electrons. The van der Waals surface area contributed by atoms with Crippen LogP contribution >= 0.6 is 0 Å². The first-order valence-corrected chi connectivity index (χ1v) is 27.6. The van der Waals surface area contributed by atoms with Crippen LogP contribution in [0.2, 0.25) is 0 Å². The van der Waals surface area contributed by atoms with Crippen LogP contribution in [0.15, 0.2) is 102 Å². The molecular weight excluding hydrogens is 1060 g/mol. The highest BCUT2D eigenvalue weighted by atomic mass is 16.6. The number of benzene rings is 3. The van der Waals surface area contributed by atoms with E-state index in [2.05, 4.69) is 10.6 Å². The molecule has 1 aliphatic heterocycles. The Bertz CT molecular complexity index is 2770. The van der Waals surface area contributed by atoms with Gasteiger partial charge in [0.2, 0.25) is 6.10 Å². The Balaban J connectivity index is 1.17. The fraction of sp³-hybridized carbons (Fsp3) is 0.557. The number of hydrogen-bond acceptors (Lipinski definition) is 19. The number of carbonyl (C=O) groups is 7. The van der Waals surface area contributed by atoms with Crippen molar-refractivity contribution >= 4 is 41.8 Å². The van der Waals surface area contributed by atoms with Gasteiger partial charge in [-0.2, -0.15) is 0 Å². The van der Waals surface area contributed by atoms with E-state index in [1.807, 2.05) is 30.3 Å². The highest BCUT2D eigenvalue weighted by Gasteiger charge is 2.78. The number of ether oxygens (including phenoxy) is 11. The number of unbranched alkanes of at least 4 members (excludes halogenated alkanes) is 1. The molecule has 2 bridgehead atoms. The fourth-order valence-electron chi connectivity index (χ4n) is 12.0. The number of carbonyl (C=O) groups excluding carboxylic acids is 7. The molecule has 3 aliphatic carbocycles. The van der Waals surface area contributed by atoms with Crippen LogP contribution in [0.25, 0.3) is 0 Å². The number of rotatable bonds is 23. The van der Waals surface area contributed by atoms with E-state index >= 15 is 9.59 Å². The minimum Gasteiger partial charge on any atom is -0.455 e. The highest BCUT2D eigenvalue weighted by molar-refractivity contribution is 5.94. The van der Waals surface area contributed by atoms with Crippen LogP contribution in [-0.2, 0) is 77.9 Å². The molecular formula is C61H78N2O19. The van der Waals surface area contributed by atoms with E-state index in [1.165, 1.54) is 33.3 Å². The minimum absolute atomic E-state index is 0.0536. The SMILES string of the molecule is CO[C@H]1C(=O)[C@]2(C)[C@@H](OC)C[C@H]3OC[C@@]3(OC(C)=O)[C@H]2[C@H](OC(=O)c2ccccc2)[C@]2(O)C[C@H](OC(=O)[C@H](OC(=O)COCCOCCCCNC(=O)OCc3ccccc3)[C@@H](NC(=O)OC(C)(C)C)c3ccccc3)C(C)=C1C2(C)C. The molecule has 3 aromatic carbocycles. The van der Waals surface area contributed by atoms with Gasteiger partial charge in [0.15, 0.2) is 11.4 Å². The van der Waals surface area contributed by atoms with Gasteiger partial charge in [0.25, 0.3) is 0 Å². The number of nitrogens with one attached hydrogen (secondary N) is 2. The summed E-state index contributed by atoms with van der Waals surface area (Å²) < 4.78 is 65.8. The van der Waals surface area contributed by atoms with Gasteiger partial charge in [0.1, 0.15) is 54.9 Å². The molecule has 0 radical (unpaired) electrons. The molecule has 2 saturated carbocycles. The standard InChI is InChI=1S/C61H78N2O19/c1-37-42(33-61(71)52(80-53(67)41-26-18-13-19-27-41)50-59(8,51(66)48(73-10)46(37)58(61,6)7)43(72-9)32-44-60(50,36-77-44)81-38(2)64)78-54(68)49(47(40-24-16-12-17-25-40)63-56(70)82-57(3,4)5)79-45(65)35-75-31-30-74-29-21-20-28-62-55(69)76-34-39-22-14-11-15-23-39/h11-19,22-27,42-44,47-50,52,71H,20-21,28-36H2,1-10H3,(H,62,69)(H,63,70)/t42-,43-,44+,47-,48+,49+,50-,52-,59+,60-,61+/m0/s1. The van der Waals surface area contributed by atoms with E-state index in [1.54, 1.807) is 97.0 Å². The van der Waals surface area contributed by atoms with Crippen molar-refractivity contribution in [3.8, 4) is 0 Å². The monoisotopic (exact) mass is 1140 g/mol. The molecule has 3 N–H and O–H groups in total. The number of ketones is 1. The molecule has 1 heterocycles. The predicted molar refractivity (Wildman–Crippen MR) is 293 cm³/mol. The van der Waals surface area contributed by atoms with Crippen molar-refractivity contribution in [2.75, 3.05) is 53.8 Å². The molecule has 2 amide bonds. The zero-order chi connectivity index (χ0) is 59.6. The smallest absolute Gasteiger partial charge is 0.408 e. The zero-order valence-electron chi connectivity index (χ0n) is 48.4. The number of fused-ring (bicyclic) bond motifs is 5. The molecule has 0 spiro atoms. The summed E-state index contributed by atoms with van der Waals surface area (Å²) in [7, 11) is 2.75. The number of hydrogen-bond donors (Lipinski definition) is 3. The number of amides is 2. The lowest BCUT2D eigenvalue weighted by Gasteiger charge is -2.67. The second-order valence-corrected chi connectivity index (χ2v) is 22.8. The van der Waals surface area contributed by atoms with Crippen molar-refractivity contribution in [3.05, 3.63) is 119 Å². The third-order valence-corrected chi connectivity index (χ3v) is 16.1. The van der Waals surface area contributed by atoms with Crippen LogP contribution < -0.4 is 10.6 Å². The molecule has 4 aliphatic rings. The van der Waals surface area contributed by atoms with Gasteiger partial charge in [0, 0.05) is 52.6 Å². The number of Topliss-reactive ketones (excluding diaryl/α,β-unsaturated/α-hetero) is 1. The number of alkyl carbamates (subject to hydrolysis) is 2. The van der Waals surface area contributed by atoms with Gasteiger partial charge >= 0.3 is 36.1 Å². The number of aliphatic hydroxyl groups is 1. The summed E-state index contributed by atoms with van der Waals surface area (Å²) >= 11 is 0. The Morgan fingerprint density at radius 2 is 1.46 bits per heavy atom. The highest BCUT2D eigenvalue weighted by Crippen LogP contribution is 2.65. The van der Waals surface area contributed by atoms with Crippen molar-refractivity contribution in [1.82, 2.24) is 10.6 Å². The average molecular weight is 1140 g/mol. The molecule has 11 atom stereocenters. The molecule has 0 aromatic heterocycles. The van der Waals surface area contributed by atoms with Crippen LogP contribution in [-0.4, -0.2) is 154 Å². The lowest BCUT2D eigenvalue weighted by Crippen LogP contribution is -2.82. The normalized spacial score (nSPS) is 27.0. The van der Waals surface area contributed by atoms with Crippen LogP contribution in [0, 0.1) is 16.7 Å². The Morgan fingerprint density at radius 3 is 2.07 bits per heavy atom. The summed E-state index contributed by atoms with van der Waals surface area (Å²) in [5, 5.41) is 19.5. The third-order valence-electron chi connectivity index (χ3n) is 16.1. The number of methoxy groups -OCH3 is 2. The Hall–Kier alpha value is -6.75. The molecule has 21 heteroatoms. The summed E-state index contributed by atoms with van der Waals surface area (Å²) in [6.07, 6.45) is -9.22. The van der Waals surface area contributed by atoms with Crippen molar-refractivity contribution in [2.45, 2.75) is 147 Å². The Kier molecular flexibility index (Phi) is 20.4. The first-order valence-electron chi connectivity index (χ1n) is 27.6. The van der Waals surface area contributed by atoms with Gasteiger partial charge in [0.05, 0.1) is 42.8 Å². The fourth-order valence-corrected chi connectivity index (χ4v) is 12.0. The average Bonchev–Trinajstić information content (AvgIpc) is 1.79. The first kappa shape index (κ1) is 62.8. The molecule has 82 heavy (non-hydrogen) atoms. The van der Waals surface area contributed by atoms with Crippen LogP contribution in [0.5, 0.6) is 0 Å². The maximum atomic E-state index is 15.9. The van der Waals surface area contributed by atoms with Crippen molar-refractivity contribution in [2.24, 2.45) is 16.7 Å². The summed E-state index contributed by atoms with van der Waals surface area (Å²) in [5.74, 6) is -5.78. The van der Waals surface area contributed by atoms with Crippen LogP contribution in [0.4, 0.5) is 9.59 Å². The summed E-state index contributed by atoms with van der Waals surface area (Å²) in [6.45, 7) is 12.7. The number of esters is 4. The Labute approximate surface area is 478 Å². The minimum atomic E-state index is -2.33. The lowest BCUT2D eigenvalue weighted by atomic mass is 9.44. The quantitative estimate of drug-likeness (QED) is 0.0379. The van der Waals surface area contributed by atoms with E-state index in [0.717, 1.165) is 5.56 Å². The van der Waals surface area contributed by atoms with Crippen molar-refractivity contribution in [3.63, 3.8) is 0 Å². The molecule has 1 saturated heterocycles. The van der Waals surface area contributed by atoms with Gasteiger partial charge in [-0.3, -0.25) is 9.59 Å². The topological polar surface area (TPSA) is 265 Å². The van der Waals surface area contributed by atoms with Gasteiger partial charge in [-0.25, -0.2) is 24.0 Å². The van der Waals surface area contributed by atoms with Gasteiger partial charge in [-0.15, -0.1) is 0 Å². The molecule has 21 nitrogen and oxygen atoms in total. The molecule has 3 aromatic rings. The molecule has 3 fully saturated rings. The van der Waals surface area contributed by atoms with E-state index in [0.29, 0.717) is 31.6 Å². The van der Waals surface area contributed by atoms with E-state index in [9.17, 15) is 29.1 Å². The largest absolute Gasteiger partial charge is 0.455 e. The lowest BCUT2D eigenvalue weighted by molar-refractivity contribution is -0.347. The predicted octanol–water partition coefficient (Wildman–Crippen LogP) is 6.86. The maximum absolute atomic E-state index is 15.9. The second-order valence-electron chi connectivity index (χ2n) is 22.8. The van der Waals surface area contributed by atoms with E-state index in [-0.39, 0.29) is 49.6 Å². The summed E-state index contributed by atoms with van der Waals surface area (Å²) in [5.41, 5.74) is -6.53. The molecule has 0 unspecified atom stereocenters. The van der Waals surface area contributed by atoms with Crippen LogP contribution in [0.1, 0.15) is 109 Å². The van der Waals surface area contributed by atoms with Crippen molar-refractivity contribution < 1.29 is 90.8 Å². The summed E-state index contributed by atoms with van der Waals surface area (Å²) in [4.78, 5) is 98.7.